The standard InChI is InChI=1S/C13H29NO2/c1-12(2,3)8-10-16-9-6-5-7-13(4,15)11-14/h15H,5-11,14H2,1-4H3. The molecule has 98 valence electrons. The van der Waals surface area contributed by atoms with Gasteiger partial charge in [0, 0.05) is 19.8 Å². The van der Waals surface area contributed by atoms with Crippen LogP contribution in [0, 0.1) is 5.41 Å². The summed E-state index contributed by atoms with van der Waals surface area (Å²) in [7, 11) is 0. The molecule has 1 unspecified atom stereocenters. The first-order valence-corrected chi connectivity index (χ1v) is 6.27. The predicted octanol–water partition coefficient (Wildman–Crippen LogP) is 2.32. The van der Waals surface area contributed by atoms with Gasteiger partial charge in [-0.25, -0.2) is 0 Å². The molecule has 0 bridgehead atoms. The Bertz CT molecular complexity index is 173. The average molecular weight is 231 g/mol. The summed E-state index contributed by atoms with van der Waals surface area (Å²) in [6.07, 6.45) is 3.82. The molecule has 0 aromatic carbocycles. The van der Waals surface area contributed by atoms with E-state index < -0.39 is 5.60 Å². The van der Waals surface area contributed by atoms with Crippen molar-refractivity contribution in [2.45, 2.75) is 59.0 Å². The van der Waals surface area contributed by atoms with Crippen LogP contribution in [0.15, 0.2) is 0 Å². The van der Waals surface area contributed by atoms with Crippen molar-refractivity contribution in [3.8, 4) is 0 Å². The van der Waals surface area contributed by atoms with E-state index in [9.17, 15) is 5.11 Å². The molecular formula is C13H29NO2. The first-order chi connectivity index (χ1) is 7.27. The molecule has 3 heteroatoms. The molecule has 0 rings (SSSR count). The van der Waals surface area contributed by atoms with E-state index in [1.54, 1.807) is 6.92 Å². The molecule has 0 saturated carbocycles. The zero-order valence-corrected chi connectivity index (χ0v) is 11.4. The van der Waals surface area contributed by atoms with E-state index in [1.807, 2.05) is 0 Å². The molecule has 0 aliphatic rings. The van der Waals surface area contributed by atoms with Crippen molar-refractivity contribution in [1.82, 2.24) is 0 Å². The zero-order valence-electron chi connectivity index (χ0n) is 11.4. The molecule has 0 amide bonds. The Hall–Kier alpha value is -0.120. The van der Waals surface area contributed by atoms with Crippen molar-refractivity contribution in [1.29, 1.82) is 0 Å². The van der Waals surface area contributed by atoms with Crippen LogP contribution in [0.2, 0.25) is 0 Å². The molecule has 3 nitrogen and oxygen atoms in total. The number of hydrogen-bond acceptors (Lipinski definition) is 3. The maximum Gasteiger partial charge on any atom is 0.0741 e. The Morgan fingerprint density at radius 2 is 1.62 bits per heavy atom. The molecule has 0 aliphatic heterocycles. The largest absolute Gasteiger partial charge is 0.389 e. The van der Waals surface area contributed by atoms with E-state index >= 15 is 0 Å². The molecule has 0 spiro atoms. The Labute approximate surface area is 100 Å². The smallest absolute Gasteiger partial charge is 0.0741 e. The monoisotopic (exact) mass is 231 g/mol. The second kappa shape index (κ2) is 7.25. The van der Waals surface area contributed by atoms with Gasteiger partial charge in [-0.1, -0.05) is 20.8 Å². The van der Waals surface area contributed by atoms with E-state index in [2.05, 4.69) is 20.8 Å². The molecule has 0 aliphatic carbocycles. The first kappa shape index (κ1) is 15.9. The van der Waals surface area contributed by atoms with Gasteiger partial charge >= 0.3 is 0 Å². The summed E-state index contributed by atoms with van der Waals surface area (Å²) in [6, 6.07) is 0. The number of aliphatic hydroxyl groups is 1. The highest BCUT2D eigenvalue weighted by Gasteiger charge is 2.16. The van der Waals surface area contributed by atoms with E-state index in [4.69, 9.17) is 10.5 Å². The van der Waals surface area contributed by atoms with Gasteiger partial charge in [0.1, 0.15) is 0 Å². The summed E-state index contributed by atoms with van der Waals surface area (Å²) >= 11 is 0. The van der Waals surface area contributed by atoms with Crippen molar-refractivity contribution in [3.63, 3.8) is 0 Å². The highest BCUT2D eigenvalue weighted by atomic mass is 16.5. The fourth-order valence-corrected chi connectivity index (χ4v) is 1.29. The average Bonchev–Trinajstić information content (AvgIpc) is 2.14. The minimum atomic E-state index is -0.703. The Morgan fingerprint density at radius 1 is 1.00 bits per heavy atom. The fourth-order valence-electron chi connectivity index (χ4n) is 1.29. The second-order valence-electron chi connectivity index (χ2n) is 6.08. The normalized spacial score (nSPS) is 16.1. The number of rotatable bonds is 8. The van der Waals surface area contributed by atoms with Gasteiger partial charge in [0.2, 0.25) is 0 Å². The van der Waals surface area contributed by atoms with Gasteiger partial charge in [0.25, 0.3) is 0 Å². The third kappa shape index (κ3) is 10.4. The van der Waals surface area contributed by atoms with Crippen LogP contribution in [-0.2, 0) is 4.74 Å². The number of ether oxygens (including phenoxy) is 1. The van der Waals surface area contributed by atoms with E-state index in [1.165, 1.54) is 0 Å². The van der Waals surface area contributed by atoms with Crippen molar-refractivity contribution >= 4 is 0 Å². The van der Waals surface area contributed by atoms with Gasteiger partial charge in [-0.05, 0) is 38.0 Å². The highest BCUT2D eigenvalue weighted by Crippen LogP contribution is 2.18. The Morgan fingerprint density at radius 3 is 2.12 bits per heavy atom. The van der Waals surface area contributed by atoms with Gasteiger partial charge in [0.05, 0.1) is 5.60 Å². The Balaban J connectivity index is 3.29. The van der Waals surface area contributed by atoms with Crippen LogP contribution in [0.5, 0.6) is 0 Å². The third-order valence-corrected chi connectivity index (χ3v) is 2.69. The summed E-state index contributed by atoms with van der Waals surface area (Å²) < 4.78 is 5.55. The molecule has 0 saturated heterocycles. The topological polar surface area (TPSA) is 55.5 Å². The summed E-state index contributed by atoms with van der Waals surface area (Å²) in [5.41, 5.74) is 5.08. The summed E-state index contributed by atoms with van der Waals surface area (Å²) in [5.74, 6) is 0. The van der Waals surface area contributed by atoms with Gasteiger partial charge < -0.3 is 15.6 Å². The number of unbranched alkanes of at least 4 members (excludes halogenated alkanes) is 1. The number of nitrogens with two attached hydrogens (primary N) is 1. The van der Waals surface area contributed by atoms with Crippen molar-refractivity contribution < 1.29 is 9.84 Å². The lowest BCUT2D eigenvalue weighted by Crippen LogP contribution is -2.33. The van der Waals surface area contributed by atoms with E-state index in [-0.39, 0.29) is 0 Å². The molecular weight excluding hydrogens is 202 g/mol. The molecule has 0 aromatic heterocycles. The van der Waals surface area contributed by atoms with Crippen LogP contribution in [0.1, 0.15) is 53.4 Å². The van der Waals surface area contributed by atoms with Crippen LogP contribution >= 0.6 is 0 Å². The summed E-state index contributed by atoms with van der Waals surface area (Å²) in [5, 5.41) is 9.67. The van der Waals surface area contributed by atoms with Gasteiger partial charge in [0.15, 0.2) is 0 Å². The molecule has 1 atom stereocenters. The molecule has 0 aromatic rings. The van der Waals surface area contributed by atoms with Crippen molar-refractivity contribution in [3.05, 3.63) is 0 Å². The molecule has 0 radical (unpaired) electrons. The van der Waals surface area contributed by atoms with Crippen molar-refractivity contribution in [2.75, 3.05) is 19.8 Å². The third-order valence-electron chi connectivity index (χ3n) is 2.69. The van der Waals surface area contributed by atoms with E-state index in [0.29, 0.717) is 12.0 Å². The minimum absolute atomic E-state index is 0.331. The number of hydrogen-bond donors (Lipinski definition) is 2. The highest BCUT2D eigenvalue weighted by molar-refractivity contribution is 4.72. The fraction of sp³-hybridized carbons (Fsp3) is 1.00. The minimum Gasteiger partial charge on any atom is -0.389 e. The maximum atomic E-state index is 9.67. The van der Waals surface area contributed by atoms with Gasteiger partial charge in [-0.3, -0.25) is 0 Å². The van der Waals surface area contributed by atoms with Crippen LogP contribution in [-0.4, -0.2) is 30.5 Å². The van der Waals surface area contributed by atoms with Crippen LogP contribution in [0.3, 0.4) is 0 Å². The summed E-state index contributed by atoms with van der Waals surface area (Å²) in [4.78, 5) is 0. The first-order valence-electron chi connectivity index (χ1n) is 6.27. The maximum absolute atomic E-state index is 9.67. The molecule has 0 fully saturated rings. The van der Waals surface area contributed by atoms with Crippen LogP contribution in [0.4, 0.5) is 0 Å². The van der Waals surface area contributed by atoms with Gasteiger partial charge in [-0.15, -0.1) is 0 Å². The van der Waals surface area contributed by atoms with Crippen LogP contribution < -0.4 is 5.73 Å². The lowest BCUT2D eigenvalue weighted by molar-refractivity contribution is 0.0516. The lowest BCUT2D eigenvalue weighted by atomic mass is 9.93. The van der Waals surface area contributed by atoms with E-state index in [0.717, 1.165) is 38.9 Å². The molecule has 0 heterocycles. The quantitative estimate of drug-likeness (QED) is 0.630. The van der Waals surface area contributed by atoms with Crippen molar-refractivity contribution in [2.24, 2.45) is 11.1 Å². The SMILES string of the molecule is CC(C)(C)CCOCCCCC(C)(O)CN. The van der Waals surface area contributed by atoms with Gasteiger partial charge in [-0.2, -0.15) is 0 Å². The summed E-state index contributed by atoms with van der Waals surface area (Å²) in [6.45, 7) is 10.4. The molecule has 16 heavy (non-hydrogen) atoms. The second-order valence-corrected chi connectivity index (χ2v) is 6.08. The zero-order chi connectivity index (χ0) is 12.7. The predicted molar refractivity (Wildman–Crippen MR) is 68.4 cm³/mol. The molecule has 3 N–H and O–H groups in total. The van der Waals surface area contributed by atoms with Crippen LogP contribution in [0.25, 0.3) is 0 Å². The lowest BCUT2D eigenvalue weighted by Gasteiger charge is -2.20. The Kier molecular flexibility index (Phi) is 7.20.